The smallest absolute Gasteiger partial charge is 0.251 e. The van der Waals surface area contributed by atoms with Gasteiger partial charge in [0.2, 0.25) is 0 Å². The van der Waals surface area contributed by atoms with Gasteiger partial charge in [0, 0.05) is 30.7 Å². The molecule has 4 rings (SSSR count). The third-order valence-electron chi connectivity index (χ3n) is 4.60. The molecule has 3 heterocycles. The lowest BCUT2D eigenvalue weighted by molar-refractivity contribution is 0.0950. The van der Waals surface area contributed by atoms with Crippen LogP contribution in [0.5, 0.6) is 0 Å². The number of benzene rings is 1. The van der Waals surface area contributed by atoms with Crippen LogP contribution in [-0.2, 0) is 20.1 Å². The van der Waals surface area contributed by atoms with E-state index in [0.717, 1.165) is 11.5 Å². The minimum absolute atomic E-state index is 0.213. The van der Waals surface area contributed by atoms with E-state index in [0.29, 0.717) is 34.3 Å². The normalized spacial score (nSPS) is 10.6. The van der Waals surface area contributed by atoms with Gasteiger partial charge in [-0.2, -0.15) is 0 Å². The second-order valence-corrected chi connectivity index (χ2v) is 7.05. The zero-order chi connectivity index (χ0) is 21.6. The van der Waals surface area contributed by atoms with Crippen molar-refractivity contribution in [3.8, 4) is 11.5 Å². The highest BCUT2D eigenvalue weighted by molar-refractivity contribution is 6.31. The zero-order valence-electron chi connectivity index (χ0n) is 16.7. The highest BCUT2D eigenvalue weighted by Gasteiger charge is 2.12. The molecule has 4 aromatic rings. The number of pyridine rings is 1. The Morgan fingerprint density at radius 2 is 1.97 bits per heavy atom. The fourth-order valence-electron chi connectivity index (χ4n) is 2.93. The SMILES string of the molecule is Cn1c(CNc2cccc(C(=O)NCc3ncccc3Cl)c2)nnc1-c1ccncn1. The summed E-state index contributed by atoms with van der Waals surface area (Å²) in [5, 5.41) is 15.1. The van der Waals surface area contributed by atoms with Crippen LogP contribution in [0.4, 0.5) is 5.69 Å². The van der Waals surface area contributed by atoms with Gasteiger partial charge in [-0.05, 0) is 36.4 Å². The Labute approximate surface area is 183 Å². The molecule has 0 unspecified atom stereocenters. The van der Waals surface area contributed by atoms with Crippen LogP contribution < -0.4 is 10.6 Å². The van der Waals surface area contributed by atoms with Crippen LogP contribution in [0, 0.1) is 0 Å². The topological polar surface area (TPSA) is 111 Å². The lowest BCUT2D eigenvalue weighted by Crippen LogP contribution is -2.23. The van der Waals surface area contributed by atoms with Crippen molar-refractivity contribution in [2.24, 2.45) is 7.05 Å². The molecular formula is C21H19ClN8O. The van der Waals surface area contributed by atoms with Gasteiger partial charge < -0.3 is 15.2 Å². The lowest BCUT2D eigenvalue weighted by atomic mass is 10.2. The first-order valence-corrected chi connectivity index (χ1v) is 9.86. The highest BCUT2D eigenvalue weighted by atomic mass is 35.5. The Hall–Kier alpha value is -3.85. The van der Waals surface area contributed by atoms with Crippen molar-refractivity contribution in [1.82, 2.24) is 35.0 Å². The molecule has 0 aliphatic rings. The van der Waals surface area contributed by atoms with Crippen molar-refractivity contribution in [3.05, 3.63) is 83.3 Å². The second kappa shape index (κ2) is 9.31. The number of carbonyl (C=O) groups is 1. The van der Waals surface area contributed by atoms with Gasteiger partial charge in [-0.25, -0.2) is 9.97 Å². The van der Waals surface area contributed by atoms with Crippen molar-refractivity contribution < 1.29 is 4.79 Å². The quantitative estimate of drug-likeness (QED) is 0.460. The molecule has 0 aliphatic carbocycles. The van der Waals surface area contributed by atoms with Gasteiger partial charge in [-0.15, -0.1) is 10.2 Å². The number of hydrogen-bond donors (Lipinski definition) is 2. The number of hydrogen-bond acceptors (Lipinski definition) is 7. The summed E-state index contributed by atoms with van der Waals surface area (Å²) in [6.07, 6.45) is 4.77. The average molecular weight is 435 g/mol. The maximum atomic E-state index is 12.5. The van der Waals surface area contributed by atoms with E-state index in [1.807, 2.05) is 23.7 Å². The molecule has 0 bridgehead atoms. The maximum absolute atomic E-state index is 12.5. The largest absolute Gasteiger partial charge is 0.378 e. The molecule has 0 aliphatic heterocycles. The lowest BCUT2D eigenvalue weighted by Gasteiger charge is -2.09. The van der Waals surface area contributed by atoms with Crippen LogP contribution in [0.25, 0.3) is 11.5 Å². The van der Waals surface area contributed by atoms with E-state index < -0.39 is 0 Å². The van der Waals surface area contributed by atoms with Crippen LogP contribution in [-0.4, -0.2) is 35.6 Å². The monoisotopic (exact) mass is 434 g/mol. The van der Waals surface area contributed by atoms with Crippen LogP contribution in [0.2, 0.25) is 5.02 Å². The molecule has 0 spiro atoms. The molecule has 0 fully saturated rings. The van der Waals surface area contributed by atoms with E-state index in [1.165, 1.54) is 6.33 Å². The van der Waals surface area contributed by atoms with E-state index in [2.05, 4.69) is 35.8 Å². The molecule has 3 aromatic heterocycles. The number of amides is 1. The first-order chi connectivity index (χ1) is 15.1. The van der Waals surface area contributed by atoms with Crippen molar-refractivity contribution in [2.45, 2.75) is 13.1 Å². The molecule has 31 heavy (non-hydrogen) atoms. The molecule has 1 amide bonds. The highest BCUT2D eigenvalue weighted by Crippen LogP contribution is 2.16. The standard InChI is InChI=1S/C21H19ClN8O/c1-30-19(28-29-20(30)17-7-9-23-13-27-17)12-25-15-5-2-4-14(10-15)21(31)26-11-18-16(22)6-3-8-24-18/h2-10,13,25H,11-12H2,1H3,(H,26,31). The maximum Gasteiger partial charge on any atom is 0.251 e. The van der Waals surface area contributed by atoms with Gasteiger partial charge in [0.05, 0.1) is 23.8 Å². The summed E-state index contributed by atoms with van der Waals surface area (Å²) in [4.78, 5) is 24.8. The summed E-state index contributed by atoms with van der Waals surface area (Å²) in [5.41, 5.74) is 2.63. The Balaban J connectivity index is 1.39. The summed E-state index contributed by atoms with van der Waals surface area (Å²) >= 11 is 6.09. The van der Waals surface area contributed by atoms with Crippen molar-refractivity contribution in [3.63, 3.8) is 0 Å². The molecule has 0 saturated carbocycles. The number of nitrogens with one attached hydrogen (secondary N) is 2. The van der Waals surface area contributed by atoms with Crippen LogP contribution in [0.1, 0.15) is 21.9 Å². The fraction of sp³-hybridized carbons (Fsp3) is 0.143. The Bertz CT molecular complexity index is 1190. The molecule has 0 radical (unpaired) electrons. The van der Waals surface area contributed by atoms with Crippen LogP contribution in [0.15, 0.2) is 61.2 Å². The minimum Gasteiger partial charge on any atom is -0.378 e. The number of nitrogens with zero attached hydrogens (tertiary/aromatic N) is 6. The summed E-state index contributed by atoms with van der Waals surface area (Å²) in [6.45, 7) is 0.685. The Kier molecular flexibility index (Phi) is 6.13. The fourth-order valence-corrected chi connectivity index (χ4v) is 3.12. The second-order valence-electron chi connectivity index (χ2n) is 6.64. The van der Waals surface area contributed by atoms with Gasteiger partial charge in [-0.3, -0.25) is 9.78 Å². The predicted octanol–water partition coefficient (Wildman–Crippen LogP) is 2.86. The third-order valence-corrected chi connectivity index (χ3v) is 4.95. The number of halogens is 1. The number of carbonyl (C=O) groups excluding carboxylic acids is 1. The number of rotatable bonds is 7. The van der Waals surface area contributed by atoms with E-state index in [-0.39, 0.29) is 12.5 Å². The first-order valence-electron chi connectivity index (χ1n) is 9.48. The van der Waals surface area contributed by atoms with Gasteiger partial charge in [0.1, 0.15) is 12.0 Å². The molecule has 2 N–H and O–H groups in total. The van der Waals surface area contributed by atoms with Crippen molar-refractivity contribution in [1.29, 1.82) is 0 Å². The summed E-state index contributed by atoms with van der Waals surface area (Å²) in [5.74, 6) is 1.17. The Morgan fingerprint density at radius 1 is 1.06 bits per heavy atom. The summed E-state index contributed by atoms with van der Waals surface area (Å²) in [6, 6.07) is 12.5. The third kappa shape index (κ3) is 4.84. The number of anilines is 1. The van der Waals surface area contributed by atoms with Gasteiger partial charge in [-0.1, -0.05) is 17.7 Å². The van der Waals surface area contributed by atoms with Crippen molar-refractivity contribution in [2.75, 3.05) is 5.32 Å². The summed E-state index contributed by atoms with van der Waals surface area (Å²) < 4.78 is 1.86. The zero-order valence-corrected chi connectivity index (χ0v) is 17.4. The van der Waals surface area contributed by atoms with Crippen molar-refractivity contribution >= 4 is 23.2 Å². The van der Waals surface area contributed by atoms with E-state index in [1.54, 1.807) is 42.7 Å². The summed E-state index contributed by atoms with van der Waals surface area (Å²) in [7, 11) is 1.88. The van der Waals surface area contributed by atoms with Gasteiger partial charge in [0.25, 0.3) is 5.91 Å². The Morgan fingerprint density at radius 3 is 2.77 bits per heavy atom. The average Bonchev–Trinajstić information content (AvgIpc) is 3.18. The number of aromatic nitrogens is 6. The molecule has 10 heteroatoms. The molecule has 156 valence electrons. The van der Waals surface area contributed by atoms with Crippen LogP contribution >= 0.6 is 11.6 Å². The molecule has 9 nitrogen and oxygen atoms in total. The first kappa shape index (κ1) is 20.4. The predicted molar refractivity (Wildman–Crippen MR) is 116 cm³/mol. The van der Waals surface area contributed by atoms with E-state index in [4.69, 9.17) is 11.6 Å². The van der Waals surface area contributed by atoms with Gasteiger partial charge in [0.15, 0.2) is 11.6 Å². The van der Waals surface area contributed by atoms with E-state index in [9.17, 15) is 4.79 Å². The molecule has 0 atom stereocenters. The van der Waals surface area contributed by atoms with Gasteiger partial charge >= 0.3 is 0 Å². The molecule has 0 saturated heterocycles. The molecular weight excluding hydrogens is 416 g/mol. The van der Waals surface area contributed by atoms with Crippen LogP contribution in [0.3, 0.4) is 0 Å². The molecule has 1 aromatic carbocycles. The minimum atomic E-state index is -0.213. The van der Waals surface area contributed by atoms with E-state index >= 15 is 0 Å².